The summed E-state index contributed by atoms with van der Waals surface area (Å²) in [6.45, 7) is 10.6. The summed E-state index contributed by atoms with van der Waals surface area (Å²) in [5.41, 5.74) is 3.38. The fraction of sp³-hybridized carbons (Fsp3) is 0.391. The van der Waals surface area contributed by atoms with Crippen molar-refractivity contribution < 1.29 is 9.53 Å². The molecule has 0 saturated heterocycles. The first-order chi connectivity index (χ1) is 13.3. The van der Waals surface area contributed by atoms with Crippen LogP contribution >= 0.6 is 12.2 Å². The van der Waals surface area contributed by atoms with Crippen molar-refractivity contribution in [2.45, 2.75) is 39.5 Å². The molecule has 0 aliphatic carbocycles. The molecule has 2 aromatic rings. The topological polar surface area (TPSA) is 50.4 Å². The second-order valence-corrected chi connectivity index (χ2v) is 8.08. The summed E-state index contributed by atoms with van der Waals surface area (Å²) in [7, 11) is 0. The molecule has 28 heavy (non-hydrogen) atoms. The fourth-order valence-electron chi connectivity index (χ4n) is 2.72. The van der Waals surface area contributed by atoms with E-state index in [2.05, 4.69) is 31.4 Å². The van der Waals surface area contributed by atoms with Gasteiger partial charge in [-0.15, -0.1) is 0 Å². The van der Waals surface area contributed by atoms with Crippen molar-refractivity contribution in [3.8, 4) is 0 Å². The number of hydrogen-bond acceptors (Lipinski definition) is 3. The highest BCUT2D eigenvalue weighted by atomic mass is 32.1. The summed E-state index contributed by atoms with van der Waals surface area (Å²) in [6, 6.07) is 15.2. The molecular weight excluding hydrogens is 368 g/mol. The summed E-state index contributed by atoms with van der Waals surface area (Å²) in [5.74, 6) is -0.000277. The average molecular weight is 399 g/mol. The van der Waals surface area contributed by atoms with Gasteiger partial charge in [-0.1, -0.05) is 57.2 Å². The van der Waals surface area contributed by atoms with E-state index in [1.54, 1.807) is 0 Å². The van der Waals surface area contributed by atoms with Crippen molar-refractivity contribution in [1.29, 1.82) is 0 Å². The van der Waals surface area contributed by atoms with Gasteiger partial charge < -0.3 is 15.4 Å². The first-order valence-corrected chi connectivity index (χ1v) is 10.1. The molecule has 0 amide bonds. The Hall–Kier alpha value is -2.24. The van der Waals surface area contributed by atoms with E-state index in [0.717, 1.165) is 25.3 Å². The van der Waals surface area contributed by atoms with E-state index >= 15 is 0 Å². The highest BCUT2D eigenvalue weighted by Gasteiger charge is 2.15. The van der Waals surface area contributed by atoms with Crippen LogP contribution in [0.15, 0.2) is 48.5 Å². The Balaban J connectivity index is 1.98. The molecule has 0 aliphatic rings. The SMILES string of the molecule is CCOCCCNC(=S)Nc1cccc(C(=O)c2ccc(C(C)(C)C)cc2)c1. The molecule has 0 aromatic heterocycles. The molecule has 0 bridgehead atoms. The number of hydrogen-bond donors (Lipinski definition) is 2. The smallest absolute Gasteiger partial charge is 0.193 e. The van der Waals surface area contributed by atoms with Crippen molar-refractivity contribution in [3.05, 3.63) is 65.2 Å². The first kappa shape index (κ1) is 22.1. The van der Waals surface area contributed by atoms with Gasteiger partial charge in [0, 0.05) is 36.6 Å². The van der Waals surface area contributed by atoms with E-state index < -0.39 is 0 Å². The minimum Gasteiger partial charge on any atom is -0.382 e. The molecule has 2 N–H and O–H groups in total. The molecule has 0 atom stereocenters. The van der Waals surface area contributed by atoms with Gasteiger partial charge in [0.15, 0.2) is 10.9 Å². The van der Waals surface area contributed by atoms with Crippen molar-refractivity contribution in [3.63, 3.8) is 0 Å². The summed E-state index contributed by atoms with van der Waals surface area (Å²) in [5, 5.41) is 6.82. The van der Waals surface area contributed by atoms with E-state index in [-0.39, 0.29) is 11.2 Å². The van der Waals surface area contributed by atoms with E-state index in [9.17, 15) is 4.79 Å². The van der Waals surface area contributed by atoms with E-state index in [1.165, 1.54) is 5.56 Å². The van der Waals surface area contributed by atoms with E-state index in [4.69, 9.17) is 17.0 Å². The maximum Gasteiger partial charge on any atom is 0.193 e. The molecule has 5 heteroatoms. The zero-order valence-corrected chi connectivity index (χ0v) is 18.0. The van der Waals surface area contributed by atoms with Crippen LogP contribution in [0.25, 0.3) is 0 Å². The molecule has 0 aliphatic heterocycles. The van der Waals surface area contributed by atoms with Gasteiger partial charge in [-0.05, 0) is 48.7 Å². The number of nitrogens with one attached hydrogen (secondary N) is 2. The van der Waals surface area contributed by atoms with Crippen LogP contribution in [0.2, 0.25) is 0 Å². The van der Waals surface area contributed by atoms with Crippen LogP contribution in [-0.2, 0) is 10.2 Å². The van der Waals surface area contributed by atoms with Gasteiger partial charge in [0.2, 0.25) is 0 Å². The molecule has 2 rings (SSSR count). The lowest BCUT2D eigenvalue weighted by molar-refractivity contribution is 0.103. The molecule has 0 radical (unpaired) electrons. The van der Waals surface area contributed by atoms with Gasteiger partial charge in [0.05, 0.1) is 0 Å². The maximum absolute atomic E-state index is 12.8. The Kier molecular flexibility index (Phi) is 8.15. The van der Waals surface area contributed by atoms with Crippen LogP contribution in [0, 0.1) is 0 Å². The standard InChI is InChI=1S/C23H30N2O2S/c1-5-27-15-7-14-24-22(28)25-20-9-6-8-18(16-20)21(26)17-10-12-19(13-11-17)23(2,3)4/h6,8-13,16H,5,7,14-15H2,1-4H3,(H2,24,25,28). The number of ketones is 1. The highest BCUT2D eigenvalue weighted by Crippen LogP contribution is 2.23. The van der Waals surface area contributed by atoms with Gasteiger partial charge in [-0.2, -0.15) is 0 Å². The van der Waals surface area contributed by atoms with Gasteiger partial charge in [0.25, 0.3) is 0 Å². The summed E-state index contributed by atoms with van der Waals surface area (Å²) < 4.78 is 5.30. The number of rotatable bonds is 8. The Bertz CT molecular complexity index is 795. The van der Waals surface area contributed by atoms with Crippen LogP contribution in [0.5, 0.6) is 0 Å². The van der Waals surface area contributed by atoms with Crippen LogP contribution in [0.3, 0.4) is 0 Å². The molecule has 4 nitrogen and oxygen atoms in total. The van der Waals surface area contributed by atoms with Gasteiger partial charge in [-0.25, -0.2) is 0 Å². The number of carbonyl (C=O) groups is 1. The lowest BCUT2D eigenvalue weighted by Crippen LogP contribution is -2.29. The normalized spacial score (nSPS) is 11.1. The third-order valence-corrected chi connectivity index (χ3v) is 4.60. The third-order valence-electron chi connectivity index (χ3n) is 4.35. The second kappa shape index (κ2) is 10.3. The number of ether oxygens (including phenoxy) is 1. The van der Waals surface area contributed by atoms with Crippen LogP contribution in [0.1, 0.15) is 55.6 Å². The second-order valence-electron chi connectivity index (χ2n) is 7.67. The monoisotopic (exact) mass is 398 g/mol. The van der Waals surface area contributed by atoms with E-state index in [0.29, 0.717) is 22.8 Å². The predicted octanol–water partition coefficient (Wildman–Crippen LogP) is 4.93. The zero-order chi connectivity index (χ0) is 20.6. The maximum atomic E-state index is 12.8. The predicted molar refractivity (Wildman–Crippen MR) is 120 cm³/mol. The number of anilines is 1. The fourth-order valence-corrected chi connectivity index (χ4v) is 2.94. The lowest BCUT2D eigenvalue weighted by atomic mass is 9.86. The molecule has 0 fully saturated rings. The van der Waals surface area contributed by atoms with Crippen LogP contribution in [-0.4, -0.2) is 30.7 Å². The van der Waals surface area contributed by atoms with Gasteiger partial charge in [0.1, 0.15) is 0 Å². The van der Waals surface area contributed by atoms with Crippen molar-refractivity contribution in [2.24, 2.45) is 0 Å². The Morgan fingerprint density at radius 1 is 1.07 bits per heavy atom. The van der Waals surface area contributed by atoms with Gasteiger partial charge >= 0.3 is 0 Å². The van der Waals surface area contributed by atoms with Crippen LogP contribution < -0.4 is 10.6 Å². The highest BCUT2D eigenvalue weighted by molar-refractivity contribution is 7.80. The summed E-state index contributed by atoms with van der Waals surface area (Å²) >= 11 is 5.32. The Morgan fingerprint density at radius 3 is 2.43 bits per heavy atom. The summed E-state index contributed by atoms with van der Waals surface area (Å²) in [6.07, 6.45) is 0.888. The van der Waals surface area contributed by atoms with Crippen molar-refractivity contribution in [2.75, 3.05) is 25.1 Å². The quantitative estimate of drug-likeness (QED) is 0.375. The van der Waals surface area contributed by atoms with Crippen molar-refractivity contribution >= 4 is 28.8 Å². The molecule has 150 valence electrons. The van der Waals surface area contributed by atoms with E-state index in [1.807, 2.05) is 55.5 Å². The van der Waals surface area contributed by atoms with Gasteiger partial charge in [-0.3, -0.25) is 4.79 Å². The number of thiocarbonyl (C=S) groups is 1. The number of carbonyl (C=O) groups excluding carboxylic acids is 1. The number of benzene rings is 2. The summed E-state index contributed by atoms with van der Waals surface area (Å²) in [4.78, 5) is 12.8. The lowest BCUT2D eigenvalue weighted by Gasteiger charge is -2.19. The largest absolute Gasteiger partial charge is 0.382 e. The molecule has 0 heterocycles. The zero-order valence-electron chi connectivity index (χ0n) is 17.2. The molecule has 0 spiro atoms. The average Bonchev–Trinajstić information content (AvgIpc) is 2.67. The Labute approximate surface area is 173 Å². The van der Waals surface area contributed by atoms with Crippen molar-refractivity contribution in [1.82, 2.24) is 5.32 Å². The van der Waals surface area contributed by atoms with Crippen LogP contribution in [0.4, 0.5) is 5.69 Å². The third kappa shape index (κ3) is 6.73. The Morgan fingerprint density at radius 2 is 1.79 bits per heavy atom. The minimum atomic E-state index is -0.000277. The molecular formula is C23H30N2O2S. The minimum absolute atomic E-state index is 0.000277. The molecule has 0 unspecified atom stereocenters. The molecule has 2 aromatic carbocycles. The molecule has 0 saturated carbocycles. The first-order valence-electron chi connectivity index (χ1n) is 9.69.